The summed E-state index contributed by atoms with van der Waals surface area (Å²) in [5.74, 6) is -0.291. The minimum atomic E-state index is -0.209. The summed E-state index contributed by atoms with van der Waals surface area (Å²) in [6.07, 6.45) is 0. The van der Waals surface area contributed by atoms with Crippen molar-refractivity contribution in [2.45, 2.75) is 13.5 Å². The van der Waals surface area contributed by atoms with Crippen molar-refractivity contribution in [3.8, 4) is 0 Å². The highest BCUT2D eigenvalue weighted by Crippen LogP contribution is 2.26. The Morgan fingerprint density at radius 2 is 1.45 bits per heavy atom. The van der Waals surface area contributed by atoms with Crippen LogP contribution >= 0.6 is 0 Å². The summed E-state index contributed by atoms with van der Waals surface area (Å²) in [6.45, 7) is 2.35. The van der Waals surface area contributed by atoms with Gasteiger partial charge in [-0.25, -0.2) is 0 Å². The number of nitrogens with zero attached hydrogens (tertiary/aromatic N) is 1. The first-order valence-corrected chi connectivity index (χ1v) is 9.52. The molecular weight excluding hydrogens is 362 g/mol. The average Bonchev–Trinajstić information content (AvgIpc) is 2.73. The Morgan fingerprint density at radius 1 is 0.828 bits per heavy atom. The van der Waals surface area contributed by atoms with Gasteiger partial charge in [0, 0.05) is 19.2 Å². The van der Waals surface area contributed by atoms with E-state index >= 15 is 0 Å². The summed E-state index contributed by atoms with van der Waals surface area (Å²) in [5, 5.41) is 6.02. The highest BCUT2D eigenvalue weighted by molar-refractivity contribution is 6.04. The van der Waals surface area contributed by atoms with E-state index in [2.05, 4.69) is 27.7 Å². The lowest BCUT2D eigenvalue weighted by atomic mass is 10.1. The number of amides is 1. The molecule has 0 aliphatic heterocycles. The molecule has 5 nitrogen and oxygen atoms in total. The first-order valence-electron chi connectivity index (χ1n) is 9.52. The van der Waals surface area contributed by atoms with Crippen LogP contribution < -0.4 is 15.5 Å². The molecule has 0 radical (unpaired) electrons. The molecule has 29 heavy (non-hydrogen) atoms. The molecule has 0 bridgehead atoms. The van der Waals surface area contributed by atoms with Crippen molar-refractivity contribution in [3.63, 3.8) is 0 Å². The van der Waals surface area contributed by atoms with Crippen LogP contribution in [0, 0.1) is 0 Å². The fourth-order valence-electron chi connectivity index (χ4n) is 3.17. The number of nitrogens with one attached hydrogen (secondary N) is 2. The van der Waals surface area contributed by atoms with Gasteiger partial charge in [0.05, 0.1) is 23.6 Å². The van der Waals surface area contributed by atoms with Crippen molar-refractivity contribution >= 4 is 28.8 Å². The molecule has 148 valence electrons. The Bertz CT molecular complexity index is 986. The molecular formula is C24H25N3O2. The van der Waals surface area contributed by atoms with E-state index < -0.39 is 0 Å². The van der Waals surface area contributed by atoms with Crippen LogP contribution in [0.5, 0.6) is 0 Å². The Labute approximate surface area is 171 Å². The molecule has 1 amide bonds. The number of para-hydroxylation sites is 3. The molecule has 0 saturated carbocycles. The van der Waals surface area contributed by atoms with E-state index in [-0.39, 0.29) is 18.2 Å². The van der Waals surface area contributed by atoms with Crippen molar-refractivity contribution in [3.05, 3.63) is 90.0 Å². The van der Waals surface area contributed by atoms with E-state index in [1.165, 1.54) is 12.5 Å². The van der Waals surface area contributed by atoms with Crippen molar-refractivity contribution in [1.82, 2.24) is 0 Å². The van der Waals surface area contributed by atoms with E-state index in [9.17, 15) is 9.59 Å². The van der Waals surface area contributed by atoms with Gasteiger partial charge in [0.15, 0.2) is 5.78 Å². The van der Waals surface area contributed by atoms with Gasteiger partial charge in [-0.15, -0.1) is 0 Å². The largest absolute Gasteiger partial charge is 0.374 e. The van der Waals surface area contributed by atoms with Crippen LogP contribution in [-0.2, 0) is 11.3 Å². The molecule has 0 aliphatic carbocycles. The van der Waals surface area contributed by atoms with E-state index in [0.29, 0.717) is 11.3 Å². The third-order valence-electron chi connectivity index (χ3n) is 4.60. The first-order chi connectivity index (χ1) is 14.0. The summed E-state index contributed by atoms with van der Waals surface area (Å²) in [4.78, 5) is 26.3. The van der Waals surface area contributed by atoms with Crippen molar-refractivity contribution in [2.75, 3.05) is 29.1 Å². The SMILES string of the molecule is CC(=O)c1ccccc1NC(=O)CNc1ccccc1N(C)Cc1ccccc1. The lowest BCUT2D eigenvalue weighted by Gasteiger charge is -2.23. The molecule has 0 aromatic heterocycles. The molecule has 3 aromatic rings. The minimum Gasteiger partial charge on any atom is -0.374 e. The average molecular weight is 387 g/mol. The molecule has 0 saturated heterocycles. The van der Waals surface area contributed by atoms with Gasteiger partial charge in [0.25, 0.3) is 0 Å². The van der Waals surface area contributed by atoms with Crippen LogP contribution in [0.3, 0.4) is 0 Å². The lowest BCUT2D eigenvalue weighted by molar-refractivity contribution is -0.114. The Balaban J connectivity index is 1.65. The van der Waals surface area contributed by atoms with Crippen molar-refractivity contribution in [2.24, 2.45) is 0 Å². The predicted octanol–water partition coefficient (Wildman–Crippen LogP) is 4.58. The molecule has 0 spiro atoms. The number of carbonyl (C=O) groups excluding carboxylic acids is 2. The number of carbonyl (C=O) groups is 2. The van der Waals surface area contributed by atoms with Gasteiger partial charge in [0.2, 0.25) is 5.91 Å². The van der Waals surface area contributed by atoms with Crippen LogP contribution in [0.1, 0.15) is 22.8 Å². The Kier molecular flexibility index (Phi) is 6.63. The quantitative estimate of drug-likeness (QED) is 0.556. The van der Waals surface area contributed by atoms with Gasteiger partial charge in [0.1, 0.15) is 0 Å². The zero-order chi connectivity index (χ0) is 20.6. The molecule has 3 rings (SSSR count). The van der Waals surface area contributed by atoms with Crippen LogP contribution in [0.15, 0.2) is 78.9 Å². The summed E-state index contributed by atoms with van der Waals surface area (Å²) < 4.78 is 0. The molecule has 0 aliphatic rings. The van der Waals surface area contributed by atoms with E-state index in [1.54, 1.807) is 24.3 Å². The van der Waals surface area contributed by atoms with Gasteiger partial charge in [-0.1, -0.05) is 54.6 Å². The second-order valence-corrected chi connectivity index (χ2v) is 6.86. The fraction of sp³-hybridized carbons (Fsp3) is 0.167. The van der Waals surface area contributed by atoms with Crippen LogP contribution in [0.25, 0.3) is 0 Å². The van der Waals surface area contributed by atoms with Crippen LogP contribution in [0.2, 0.25) is 0 Å². The molecule has 5 heteroatoms. The molecule has 3 aromatic carbocycles. The van der Waals surface area contributed by atoms with Crippen LogP contribution in [-0.4, -0.2) is 25.3 Å². The monoisotopic (exact) mass is 387 g/mol. The molecule has 0 fully saturated rings. The first kappa shape index (κ1) is 20.1. The van der Waals surface area contributed by atoms with Crippen molar-refractivity contribution in [1.29, 1.82) is 0 Å². The molecule has 0 atom stereocenters. The zero-order valence-electron chi connectivity index (χ0n) is 16.7. The molecule has 2 N–H and O–H groups in total. The standard InChI is InChI=1S/C24H25N3O2/c1-18(28)20-12-6-7-13-21(20)26-24(29)16-25-22-14-8-9-15-23(22)27(2)17-19-10-4-3-5-11-19/h3-15,25H,16-17H2,1-2H3,(H,26,29). The lowest BCUT2D eigenvalue weighted by Crippen LogP contribution is -2.24. The minimum absolute atomic E-state index is 0.0817. The second kappa shape index (κ2) is 9.55. The smallest absolute Gasteiger partial charge is 0.243 e. The topological polar surface area (TPSA) is 61.4 Å². The summed E-state index contributed by atoms with van der Waals surface area (Å²) >= 11 is 0. The van der Waals surface area contributed by atoms with Gasteiger partial charge in [-0.2, -0.15) is 0 Å². The molecule has 0 heterocycles. The Morgan fingerprint density at radius 3 is 2.17 bits per heavy atom. The normalized spacial score (nSPS) is 10.3. The van der Waals surface area contributed by atoms with Gasteiger partial charge in [-0.3, -0.25) is 9.59 Å². The summed E-state index contributed by atoms with van der Waals surface area (Å²) in [5.41, 5.74) is 4.13. The number of Topliss-reactive ketones (excluding diaryl/α,β-unsaturated/α-hetero) is 1. The highest BCUT2D eigenvalue weighted by Gasteiger charge is 2.11. The summed E-state index contributed by atoms with van der Waals surface area (Å²) in [7, 11) is 2.02. The van der Waals surface area contributed by atoms with E-state index in [0.717, 1.165) is 17.9 Å². The number of ketones is 1. The van der Waals surface area contributed by atoms with Gasteiger partial charge >= 0.3 is 0 Å². The second-order valence-electron chi connectivity index (χ2n) is 6.86. The highest BCUT2D eigenvalue weighted by atomic mass is 16.2. The van der Waals surface area contributed by atoms with Gasteiger partial charge in [-0.05, 0) is 36.8 Å². The van der Waals surface area contributed by atoms with Gasteiger partial charge < -0.3 is 15.5 Å². The number of hydrogen-bond acceptors (Lipinski definition) is 4. The van der Waals surface area contributed by atoms with E-state index in [4.69, 9.17) is 0 Å². The van der Waals surface area contributed by atoms with E-state index in [1.807, 2.05) is 49.5 Å². The number of rotatable bonds is 8. The maximum Gasteiger partial charge on any atom is 0.243 e. The number of hydrogen-bond donors (Lipinski definition) is 2. The summed E-state index contributed by atoms with van der Waals surface area (Å²) in [6, 6.07) is 25.1. The predicted molar refractivity (Wildman–Crippen MR) is 119 cm³/mol. The third-order valence-corrected chi connectivity index (χ3v) is 4.60. The maximum atomic E-state index is 12.4. The maximum absolute atomic E-state index is 12.4. The molecule has 0 unspecified atom stereocenters. The third kappa shape index (κ3) is 5.45. The Hall–Kier alpha value is -3.60. The fourth-order valence-corrected chi connectivity index (χ4v) is 3.17. The van der Waals surface area contributed by atoms with Crippen molar-refractivity contribution < 1.29 is 9.59 Å². The number of anilines is 3. The zero-order valence-corrected chi connectivity index (χ0v) is 16.7. The number of benzene rings is 3. The van der Waals surface area contributed by atoms with Crippen LogP contribution in [0.4, 0.5) is 17.1 Å².